The van der Waals surface area contributed by atoms with Gasteiger partial charge in [-0.2, -0.15) is 0 Å². The summed E-state index contributed by atoms with van der Waals surface area (Å²) in [5, 5.41) is 25.2. The van der Waals surface area contributed by atoms with E-state index in [1.807, 2.05) is 5.48 Å². The summed E-state index contributed by atoms with van der Waals surface area (Å²) in [6.07, 6.45) is 1.33. The van der Waals surface area contributed by atoms with Gasteiger partial charge in [-0.3, -0.25) is 10.4 Å². The molecule has 0 aromatic carbocycles. The molecule has 0 aromatic heterocycles. The summed E-state index contributed by atoms with van der Waals surface area (Å²) in [7, 11) is 0. The van der Waals surface area contributed by atoms with Crippen LogP contribution >= 0.6 is 0 Å². The van der Waals surface area contributed by atoms with E-state index in [0.717, 1.165) is 0 Å². The smallest absolute Gasteiger partial charge is 0.0596 e. The summed E-state index contributed by atoms with van der Waals surface area (Å²) in [5.74, 6) is 0. The molecule has 0 rings (SSSR count). The molecule has 0 radical (unpaired) electrons. The molecule has 0 heterocycles. The molecule has 0 bridgehead atoms. The van der Waals surface area contributed by atoms with Crippen LogP contribution in [0.1, 0.15) is 19.8 Å². The minimum Gasteiger partial charge on any atom is -0.317 e. The molecule has 0 aliphatic carbocycles. The fourth-order valence-corrected chi connectivity index (χ4v) is 0.592. The molecule has 0 fully saturated rings. The third-order valence-corrected chi connectivity index (χ3v) is 1.30. The fourth-order valence-electron chi connectivity index (χ4n) is 0.592. The second kappa shape index (κ2) is 5.57. The molecule has 5 heteroatoms. The lowest BCUT2D eigenvalue weighted by atomic mass is 10.2. The molecule has 0 aliphatic heterocycles. The zero-order chi connectivity index (χ0) is 7.98. The predicted octanol–water partition coefficient (Wildman–Crippen LogP) is 0.214. The molecule has 0 aliphatic rings. The first-order valence-corrected chi connectivity index (χ1v) is 3.22. The Bertz CT molecular complexity index is 79.3. The number of hydrogen-bond donors (Lipinski definition) is 4. The van der Waals surface area contributed by atoms with Crippen molar-refractivity contribution in [2.24, 2.45) is 0 Å². The van der Waals surface area contributed by atoms with Gasteiger partial charge in [-0.05, 0) is 19.8 Å². The van der Waals surface area contributed by atoms with E-state index < -0.39 is 0 Å². The van der Waals surface area contributed by atoms with Crippen molar-refractivity contribution >= 4 is 0 Å². The minimum absolute atomic E-state index is 0.178. The van der Waals surface area contributed by atoms with Crippen LogP contribution in [0.5, 0.6) is 0 Å². The zero-order valence-electron chi connectivity index (χ0n) is 5.99. The lowest BCUT2D eigenvalue weighted by molar-refractivity contribution is -0.329. The minimum atomic E-state index is -0.284. The predicted molar refractivity (Wildman–Crippen MR) is 33.9 cm³/mol. The monoisotopic (exact) mass is 150 g/mol. The van der Waals surface area contributed by atoms with Crippen molar-refractivity contribution in [3.63, 3.8) is 0 Å². The number of hydroxylamine groups is 3. The molecule has 1 atom stereocenters. The molecule has 0 amide bonds. The molecule has 0 spiro atoms. The standard InChI is InChI=1S/C5H14N2O3/c1-5(7(9)10)3-2-4-6-8/h5-6,8-10H,2-4H2,1H3. The molecule has 1 unspecified atom stereocenters. The third-order valence-electron chi connectivity index (χ3n) is 1.30. The zero-order valence-corrected chi connectivity index (χ0v) is 5.99. The first kappa shape index (κ1) is 9.80. The van der Waals surface area contributed by atoms with E-state index in [0.29, 0.717) is 19.4 Å². The van der Waals surface area contributed by atoms with Gasteiger partial charge in [0.25, 0.3) is 0 Å². The van der Waals surface area contributed by atoms with Crippen molar-refractivity contribution < 1.29 is 15.6 Å². The van der Waals surface area contributed by atoms with E-state index in [4.69, 9.17) is 15.6 Å². The highest BCUT2D eigenvalue weighted by Gasteiger charge is 2.06. The summed E-state index contributed by atoms with van der Waals surface area (Å²) in [6, 6.07) is -0.284. The van der Waals surface area contributed by atoms with Crippen LogP contribution in [-0.4, -0.2) is 33.4 Å². The van der Waals surface area contributed by atoms with Gasteiger partial charge in [-0.15, -0.1) is 0 Å². The van der Waals surface area contributed by atoms with Gasteiger partial charge in [0.1, 0.15) is 0 Å². The van der Waals surface area contributed by atoms with Crippen LogP contribution in [-0.2, 0) is 0 Å². The largest absolute Gasteiger partial charge is 0.317 e. The van der Waals surface area contributed by atoms with E-state index in [1.54, 1.807) is 6.92 Å². The van der Waals surface area contributed by atoms with Crippen LogP contribution < -0.4 is 5.48 Å². The summed E-state index contributed by atoms with van der Waals surface area (Å²) >= 11 is 0. The second-order valence-electron chi connectivity index (χ2n) is 2.22. The number of nitrogens with one attached hydrogen (secondary N) is 1. The highest BCUT2D eigenvalue weighted by Crippen LogP contribution is 1.99. The highest BCUT2D eigenvalue weighted by atomic mass is 16.8. The Morgan fingerprint density at radius 2 is 2.10 bits per heavy atom. The molecule has 4 N–H and O–H groups in total. The van der Waals surface area contributed by atoms with Gasteiger partial charge in [0, 0.05) is 6.54 Å². The molecule has 10 heavy (non-hydrogen) atoms. The van der Waals surface area contributed by atoms with Crippen LogP contribution in [0.3, 0.4) is 0 Å². The summed E-state index contributed by atoms with van der Waals surface area (Å²) in [6.45, 7) is 2.15. The highest BCUT2D eigenvalue weighted by molar-refractivity contribution is 4.52. The topological polar surface area (TPSA) is 76.0 Å². The SMILES string of the molecule is CC(CCCNO)N(O)O. The average molecular weight is 150 g/mol. The normalized spacial score (nSPS) is 14.1. The maximum atomic E-state index is 8.43. The van der Waals surface area contributed by atoms with Gasteiger partial charge >= 0.3 is 0 Å². The molecular formula is C5H14N2O3. The van der Waals surface area contributed by atoms with E-state index in [9.17, 15) is 0 Å². The number of hydrogen-bond acceptors (Lipinski definition) is 5. The first-order chi connectivity index (χ1) is 4.68. The van der Waals surface area contributed by atoms with Gasteiger partial charge in [-0.1, -0.05) is 5.23 Å². The van der Waals surface area contributed by atoms with Crippen LogP contribution in [0.15, 0.2) is 0 Å². The Balaban J connectivity index is 3.13. The van der Waals surface area contributed by atoms with Crippen molar-refractivity contribution in [3.05, 3.63) is 0 Å². The van der Waals surface area contributed by atoms with E-state index in [-0.39, 0.29) is 11.3 Å². The quantitative estimate of drug-likeness (QED) is 0.333. The average Bonchev–Trinajstić information content (AvgIpc) is 1.88. The van der Waals surface area contributed by atoms with Crippen molar-refractivity contribution in [2.45, 2.75) is 25.8 Å². The summed E-state index contributed by atoms with van der Waals surface area (Å²) < 4.78 is 0. The Kier molecular flexibility index (Phi) is 5.46. The van der Waals surface area contributed by atoms with E-state index in [1.165, 1.54) is 0 Å². The Labute approximate surface area is 59.8 Å². The molecular weight excluding hydrogens is 136 g/mol. The number of rotatable bonds is 5. The maximum Gasteiger partial charge on any atom is 0.0596 e. The van der Waals surface area contributed by atoms with Gasteiger partial charge < -0.3 is 5.21 Å². The molecule has 0 saturated heterocycles. The number of nitrogens with zero attached hydrogens (tertiary/aromatic N) is 1. The second-order valence-corrected chi connectivity index (χ2v) is 2.22. The Morgan fingerprint density at radius 3 is 2.50 bits per heavy atom. The first-order valence-electron chi connectivity index (χ1n) is 3.22. The lowest BCUT2D eigenvalue weighted by Crippen LogP contribution is -2.26. The fraction of sp³-hybridized carbons (Fsp3) is 1.00. The van der Waals surface area contributed by atoms with Crippen LogP contribution in [0.4, 0.5) is 0 Å². The van der Waals surface area contributed by atoms with E-state index >= 15 is 0 Å². The van der Waals surface area contributed by atoms with Crippen molar-refractivity contribution in [3.8, 4) is 0 Å². The molecule has 0 aromatic rings. The van der Waals surface area contributed by atoms with Gasteiger partial charge in [0.05, 0.1) is 6.04 Å². The van der Waals surface area contributed by atoms with E-state index in [2.05, 4.69) is 0 Å². The maximum absolute atomic E-state index is 8.43. The van der Waals surface area contributed by atoms with Crippen molar-refractivity contribution in [1.29, 1.82) is 0 Å². The van der Waals surface area contributed by atoms with Gasteiger partial charge in [0.15, 0.2) is 0 Å². The van der Waals surface area contributed by atoms with Crippen molar-refractivity contribution in [2.75, 3.05) is 6.54 Å². The molecule has 5 nitrogen and oxygen atoms in total. The lowest BCUT2D eigenvalue weighted by Gasteiger charge is -2.14. The van der Waals surface area contributed by atoms with Gasteiger partial charge in [0.2, 0.25) is 0 Å². The van der Waals surface area contributed by atoms with Crippen LogP contribution in [0, 0.1) is 0 Å². The summed E-state index contributed by atoms with van der Waals surface area (Å²) in [5.41, 5.74) is 1.98. The summed E-state index contributed by atoms with van der Waals surface area (Å²) in [4.78, 5) is 0. The molecule has 62 valence electrons. The van der Waals surface area contributed by atoms with Crippen molar-refractivity contribution in [1.82, 2.24) is 10.7 Å². The third kappa shape index (κ3) is 4.66. The van der Waals surface area contributed by atoms with Crippen LogP contribution in [0.25, 0.3) is 0 Å². The van der Waals surface area contributed by atoms with Gasteiger partial charge in [-0.25, -0.2) is 5.48 Å². The van der Waals surface area contributed by atoms with Crippen LogP contribution in [0.2, 0.25) is 0 Å². The molecule has 0 saturated carbocycles. The Morgan fingerprint density at radius 1 is 1.50 bits per heavy atom. The Hall–Kier alpha value is -0.200.